The minimum atomic E-state index is -0.240. The van der Waals surface area contributed by atoms with Gasteiger partial charge in [0.1, 0.15) is 0 Å². The molecule has 6 aromatic rings. The monoisotopic (exact) mass is 479 g/mol. The van der Waals surface area contributed by atoms with Crippen LogP contribution in [-0.4, -0.2) is 33.9 Å². The molecule has 0 amide bonds. The van der Waals surface area contributed by atoms with Crippen LogP contribution in [0.5, 0.6) is 0 Å². The molecule has 35 heavy (non-hydrogen) atoms. The Bertz CT molecular complexity index is 1670. The molecule has 5 heterocycles. The van der Waals surface area contributed by atoms with Crippen molar-refractivity contribution in [3.05, 3.63) is 119 Å². The van der Waals surface area contributed by atoms with Gasteiger partial charge in [-0.05, 0) is 65.2 Å². The zero-order valence-electron chi connectivity index (χ0n) is 18.4. The molecule has 6 rings (SSSR count). The first-order chi connectivity index (χ1) is 17.2. The molecule has 0 spiro atoms. The molecule has 0 aliphatic carbocycles. The Morgan fingerprint density at radius 1 is 0.857 bits per heavy atom. The molecule has 0 N–H and O–H groups in total. The Balaban J connectivity index is 1.46. The van der Waals surface area contributed by atoms with Crippen LogP contribution < -0.4 is 5.69 Å². The van der Waals surface area contributed by atoms with Crippen LogP contribution >= 0.6 is 11.6 Å². The summed E-state index contributed by atoms with van der Waals surface area (Å²) in [6.45, 7) is 0.242. The maximum absolute atomic E-state index is 13.3. The number of aromatic nitrogens is 7. The topological polar surface area (TPSA) is 82.9 Å². The summed E-state index contributed by atoms with van der Waals surface area (Å²) in [6.07, 6.45) is 10.5. The van der Waals surface area contributed by atoms with Crippen LogP contribution in [0.2, 0.25) is 5.02 Å². The van der Waals surface area contributed by atoms with Crippen molar-refractivity contribution in [2.45, 2.75) is 6.54 Å². The number of rotatable bonds is 5. The Hall–Kier alpha value is -4.56. The molecule has 9 heteroatoms. The second kappa shape index (κ2) is 8.66. The molecule has 8 nitrogen and oxygen atoms in total. The molecule has 0 aliphatic heterocycles. The van der Waals surface area contributed by atoms with E-state index in [-0.39, 0.29) is 12.2 Å². The first-order valence-electron chi connectivity index (χ1n) is 10.9. The first-order valence-corrected chi connectivity index (χ1v) is 11.3. The lowest BCUT2D eigenvalue weighted by Crippen LogP contribution is -2.22. The Kier molecular flexibility index (Phi) is 5.20. The number of benzene rings is 1. The highest BCUT2D eigenvalue weighted by atomic mass is 35.5. The van der Waals surface area contributed by atoms with Crippen molar-refractivity contribution in [3.63, 3.8) is 0 Å². The SMILES string of the molecule is O=c1n(Cc2ccc(-n3cccn3)cn2)nc2c(-c3ccncc3)c(-c3ccc(Cl)cc3)ccn12. The zero-order valence-corrected chi connectivity index (χ0v) is 19.1. The Morgan fingerprint density at radius 2 is 1.69 bits per heavy atom. The Morgan fingerprint density at radius 3 is 2.40 bits per heavy atom. The van der Waals surface area contributed by atoms with Gasteiger partial charge in [0.2, 0.25) is 0 Å². The number of pyridine rings is 3. The van der Waals surface area contributed by atoms with Crippen LogP contribution in [-0.2, 0) is 6.54 Å². The summed E-state index contributed by atoms with van der Waals surface area (Å²) in [4.78, 5) is 21.9. The summed E-state index contributed by atoms with van der Waals surface area (Å²) in [5, 5.41) is 9.60. The van der Waals surface area contributed by atoms with E-state index < -0.39 is 0 Å². The molecule has 170 valence electrons. The molecule has 0 bridgehead atoms. The van der Waals surface area contributed by atoms with Gasteiger partial charge in [-0.1, -0.05) is 23.7 Å². The van der Waals surface area contributed by atoms with Crippen LogP contribution in [0.15, 0.2) is 103 Å². The van der Waals surface area contributed by atoms with E-state index in [1.807, 2.05) is 66.9 Å². The molecular weight excluding hydrogens is 462 g/mol. The summed E-state index contributed by atoms with van der Waals surface area (Å²) >= 11 is 6.11. The van der Waals surface area contributed by atoms with Gasteiger partial charge in [-0.15, -0.1) is 5.10 Å². The van der Waals surface area contributed by atoms with E-state index >= 15 is 0 Å². The number of nitrogens with zero attached hydrogens (tertiary/aromatic N) is 7. The third kappa shape index (κ3) is 3.89. The zero-order chi connectivity index (χ0) is 23.8. The van der Waals surface area contributed by atoms with Gasteiger partial charge in [0, 0.05) is 41.6 Å². The van der Waals surface area contributed by atoms with Crippen molar-refractivity contribution in [1.82, 2.24) is 33.9 Å². The predicted octanol–water partition coefficient (Wildman–Crippen LogP) is 4.51. The summed E-state index contributed by atoms with van der Waals surface area (Å²) in [7, 11) is 0. The van der Waals surface area contributed by atoms with Crippen molar-refractivity contribution in [1.29, 1.82) is 0 Å². The van der Waals surface area contributed by atoms with Crippen LogP contribution in [0, 0.1) is 0 Å². The highest BCUT2D eigenvalue weighted by Gasteiger charge is 2.18. The van der Waals surface area contributed by atoms with Gasteiger partial charge < -0.3 is 0 Å². The molecule has 0 aliphatic rings. The van der Waals surface area contributed by atoms with Gasteiger partial charge in [-0.2, -0.15) is 5.10 Å². The van der Waals surface area contributed by atoms with Gasteiger partial charge >= 0.3 is 5.69 Å². The van der Waals surface area contributed by atoms with E-state index in [0.29, 0.717) is 10.7 Å². The van der Waals surface area contributed by atoms with Crippen LogP contribution in [0.3, 0.4) is 0 Å². The fourth-order valence-electron chi connectivity index (χ4n) is 4.07. The second-order valence-electron chi connectivity index (χ2n) is 7.94. The normalized spacial score (nSPS) is 11.2. The van der Waals surface area contributed by atoms with E-state index in [9.17, 15) is 4.79 Å². The van der Waals surface area contributed by atoms with E-state index in [1.54, 1.807) is 40.1 Å². The van der Waals surface area contributed by atoms with Crippen LogP contribution in [0.25, 0.3) is 33.6 Å². The van der Waals surface area contributed by atoms with Crippen molar-refractivity contribution in [2.75, 3.05) is 0 Å². The van der Waals surface area contributed by atoms with E-state index in [1.165, 1.54) is 4.68 Å². The number of hydrogen-bond acceptors (Lipinski definition) is 5. The highest BCUT2D eigenvalue weighted by molar-refractivity contribution is 6.30. The Labute approximate surface area is 204 Å². The van der Waals surface area contributed by atoms with Gasteiger partial charge in [0.15, 0.2) is 5.65 Å². The summed E-state index contributed by atoms with van der Waals surface area (Å²) in [5.41, 5.74) is 5.55. The average molecular weight is 480 g/mol. The molecule has 5 aromatic heterocycles. The van der Waals surface area contributed by atoms with Crippen molar-refractivity contribution < 1.29 is 0 Å². The number of fused-ring (bicyclic) bond motifs is 1. The predicted molar refractivity (Wildman–Crippen MR) is 134 cm³/mol. The largest absolute Gasteiger partial charge is 0.350 e. The minimum absolute atomic E-state index is 0.240. The van der Waals surface area contributed by atoms with Gasteiger partial charge in [-0.25, -0.2) is 18.6 Å². The highest BCUT2D eigenvalue weighted by Crippen LogP contribution is 2.34. The molecule has 0 atom stereocenters. The summed E-state index contributed by atoms with van der Waals surface area (Å²) < 4.78 is 4.72. The third-order valence-corrected chi connectivity index (χ3v) is 6.02. The summed E-state index contributed by atoms with van der Waals surface area (Å²) in [6, 6.07) is 19.0. The van der Waals surface area contributed by atoms with Gasteiger partial charge in [0.25, 0.3) is 0 Å². The molecule has 1 aromatic carbocycles. The number of halogens is 1. The molecule has 0 fully saturated rings. The van der Waals surface area contributed by atoms with Crippen molar-refractivity contribution in [3.8, 4) is 27.9 Å². The van der Waals surface area contributed by atoms with Crippen LogP contribution in [0.4, 0.5) is 0 Å². The minimum Gasteiger partial charge on any atom is -0.265 e. The smallest absolute Gasteiger partial charge is 0.265 e. The molecule has 0 unspecified atom stereocenters. The first kappa shape index (κ1) is 21.0. The van der Waals surface area contributed by atoms with Crippen molar-refractivity contribution in [2.24, 2.45) is 0 Å². The molecular formula is C26H18ClN7O. The van der Waals surface area contributed by atoms with Gasteiger partial charge in [0.05, 0.1) is 24.1 Å². The van der Waals surface area contributed by atoms with E-state index in [0.717, 1.165) is 33.6 Å². The van der Waals surface area contributed by atoms with Gasteiger partial charge in [-0.3, -0.25) is 9.97 Å². The van der Waals surface area contributed by atoms with Crippen LogP contribution in [0.1, 0.15) is 5.69 Å². The van der Waals surface area contributed by atoms with E-state index in [2.05, 4.69) is 15.1 Å². The quantitative estimate of drug-likeness (QED) is 0.363. The fourth-order valence-corrected chi connectivity index (χ4v) is 4.20. The standard InChI is InChI=1S/C26H18ClN7O/c27-20-4-2-18(3-5-20)23-10-15-32-25(24(23)19-8-12-28-13-9-19)31-34(26(32)35)17-21-6-7-22(16-29-21)33-14-1-11-30-33/h1-16H,17H2. The third-order valence-electron chi connectivity index (χ3n) is 5.77. The molecule has 0 saturated heterocycles. The fraction of sp³-hybridized carbons (Fsp3) is 0.0385. The molecule has 0 saturated carbocycles. The lowest BCUT2D eigenvalue weighted by atomic mass is 9.96. The second-order valence-corrected chi connectivity index (χ2v) is 8.38. The maximum Gasteiger partial charge on any atom is 0.350 e. The lowest BCUT2D eigenvalue weighted by Gasteiger charge is -2.11. The molecule has 0 radical (unpaired) electrons. The number of hydrogen-bond donors (Lipinski definition) is 0. The average Bonchev–Trinajstić information content (AvgIpc) is 3.54. The summed E-state index contributed by atoms with van der Waals surface area (Å²) in [5.74, 6) is 0. The van der Waals surface area contributed by atoms with Crippen molar-refractivity contribution >= 4 is 17.2 Å². The van der Waals surface area contributed by atoms with E-state index in [4.69, 9.17) is 16.7 Å². The maximum atomic E-state index is 13.3. The lowest BCUT2D eigenvalue weighted by molar-refractivity contribution is 0.646.